The van der Waals surface area contributed by atoms with E-state index < -0.39 is 0 Å². The molecule has 1 N–H and O–H groups in total. The highest BCUT2D eigenvalue weighted by molar-refractivity contribution is 5.49. The number of halogens is 1. The van der Waals surface area contributed by atoms with Gasteiger partial charge in [0.1, 0.15) is 5.82 Å². The van der Waals surface area contributed by atoms with Gasteiger partial charge in [0.05, 0.1) is 11.6 Å². The predicted molar refractivity (Wildman–Crippen MR) is 74.4 cm³/mol. The minimum Gasteiger partial charge on any atom is -0.381 e. The molecule has 0 radical (unpaired) electrons. The molecule has 96 valence electrons. The van der Waals surface area contributed by atoms with Crippen molar-refractivity contribution in [3.63, 3.8) is 0 Å². The number of rotatable bonds is 3. The fourth-order valence-corrected chi connectivity index (χ4v) is 2.10. The van der Waals surface area contributed by atoms with Gasteiger partial charge in [-0.15, -0.1) is 0 Å². The third-order valence-corrected chi connectivity index (χ3v) is 2.80. The molecule has 0 amide bonds. The lowest BCUT2D eigenvalue weighted by Gasteiger charge is -2.09. The summed E-state index contributed by atoms with van der Waals surface area (Å²) in [4.78, 5) is 0. The summed E-state index contributed by atoms with van der Waals surface area (Å²) in [5.41, 5.74) is 4.46. The van der Waals surface area contributed by atoms with Crippen molar-refractivity contribution < 1.29 is 4.39 Å². The monoisotopic (exact) mass is 254 g/mol. The Labute approximate surface area is 112 Å². The van der Waals surface area contributed by atoms with Crippen LogP contribution in [0.5, 0.6) is 0 Å². The molecule has 0 aromatic heterocycles. The predicted octanol–water partition coefficient (Wildman–Crippen LogP) is 3.93. The van der Waals surface area contributed by atoms with Gasteiger partial charge in [-0.2, -0.15) is 5.26 Å². The standard InChI is InChI=1S/C16H15FN2/c1-11-3-12(2)5-16(4-11)19-10-14-6-13(9-18)7-15(17)8-14/h3-8,19H,10H2,1-2H3. The van der Waals surface area contributed by atoms with E-state index in [0.717, 1.165) is 11.3 Å². The van der Waals surface area contributed by atoms with Crippen LogP contribution >= 0.6 is 0 Å². The number of anilines is 1. The van der Waals surface area contributed by atoms with Crippen molar-refractivity contribution in [2.24, 2.45) is 0 Å². The summed E-state index contributed by atoms with van der Waals surface area (Å²) >= 11 is 0. The van der Waals surface area contributed by atoms with Crippen LogP contribution in [0.3, 0.4) is 0 Å². The molecule has 0 saturated carbocycles. The third kappa shape index (κ3) is 3.56. The minimum atomic E-state index is -0.378. The topological polar surface area (TPSA) is 35.8 Å². The maximum absolute atomic E-state index is 13.3. The third-order valence-electron chi connectivity index (χ3n) is 2.80. The number of hydrogen-bond acceptors (Lipinski definition) is 2. The molecule has 0 saturated heterocycles. The second-order valence-electron chi connectivity index (χ2n) is 4.69. The van der Waals surface area contributed by atoms with Gasteiger partial charge in [0, 0.05) is 12.2 Å². The van der Waals surface area contributed by atoms with Crippen LogP contribution in [-0.2, 0) is 6.54 Å². The smallest absolute Gasteiger partial charge is 0.124 e. The van der Waals surface area contributed by atoms with E-state index in [1.54, 1.807) is 6.07 Å². The summed E-state index contributed by atoms with van der Waals surface area (Å²) in [5, 5.41) is 12.1. The molecule has 19 heavy (non-hydrogen) atoms. The number of nitrogens with one attached hydrogen (secondary N) is 1. The van der Waals surface area contributed by atoms with Crippen LogP contribution < -0.4 is 5.32 Å². The average Bonchev–Trinajstić information content (AvgIpc) is 2.34. The second kappa shape index (κ2) is 5.53. The van der Waals surface area contributed by atoms with E-state index in [9.17, 15) is 4.39 Å². The van der Waals surface area contributed by atoms with E-state index in [-0.39, 0.29) is 5.82 Å². The first kappa shape index (κ1) is 13.1. The Morgan fingerprint density at radius 1 is 1.05 bits per heavy atom. The zero-order chi connectivity index (χ0) is 13.8. The number of nitriles is 1. The molecular formula is C16H15FN2. The molecule has 3 heteroatoms. The van der Waals surface area contributed by atoms with Crippen LogP contribution in [0.15, 0.2) is 36.4 Å². The molecule has 0 aliphatic carbocycles. The molecule has 0 spiro atoms. The molecule has 0 unspecified atom stereocenters. The normalized spacial score (nSPS) is 10.0. The average molecular weight is 254 g/mol. The van der Waals surface area contributed by atoms with Gasteiger partial charge in [-0.1, -0.05) is 6.07 Å². The molecule has 0 aliphatic heterocycles. The fraction of sp³-hybridized carbons (Fsp3) is 0.188. The van der Waals surface area contributed by atoms with Gasteiger partial charge in [0.2, 0.25) is 0 Å². The van der Waals surface area contributed by atoms with Gasteiger partial charge in [-0.3, -0.25) is 0 Å². The van der Waals surface area contributed by atoms with E-state index in [4.69, 9.17) is 5.26 Å². The van der Waals surface area contributed by atoms with Crippen LogP contribution in [0.2, 0.25) is 0 Å². The minimum absolute atomic E-state index is 0.345. The summed E-state index contributed by atoms with van der Waals surface area (Å²) < 4.78 is 13.3. The summed E-state index contributed by atoms with van der Waals surface area (Å²) in [5.74, 6) is -0.378. The highest BCUT2D eigenvalue weighted by Crippen LogP contribution is 2.16. The van der Waals surface area contributed by atoms with Crippen molar-refractivity contribution in [1.82, 2.24) is 0 Å². The van der Waals surface area contributed by atoms with Gasteiger partial charge in [0.25, 0.3) is 0 Å². The number of benzene rings is 2. The van der Waals surface area contributed by atoms with Crippen LogP contribution in [0, 0.1) is 31.0 Å². The Morgan fingerprint density at radius 2 is 1.74 bits per heavy atom. The van der Waals surface area contributed by atoms with E-state index in [1.165, 1.54) is 23.3 Å². The highest BCUT2D eigenvalue weighted by atomic mass is 19.1. The summed E-state index contributed by atoms with van der Waals surface area (Å²) in [6, 6.07) is 12.5. The maximum atomic E-state index is 13.3. The van der Waals surface area contributed by atoms with Crippen molar-refractivity contribution in [2.45, 2.75) is 20.4 Å². The van der Waals surface area contributed by atoms with Crippen LogP contribution in [0.25, 0.3) is 0 Å². The van der Waals surface area contributed by atoms with Crippen LogP contribution in [0.4, 0.5) is 10.1 Å². The quantitative estimate of drug-likeness (QED) is 0.900. The van der Waals surface area contributed by atoms with Gasteiger partial charge in [0.15, 0.2) is 0 Å². The molecule has 0 fully saturated rings. The van der Waals surface area contributed by atoms with E-state index in [2.05, 4.69) is 11.4 Å². The molecule has 2 nitrogen and oxygen atoms in total. The Bertz CT molecular complexity index is 621. The summed E-state index contributed by atoms with van der Waals surface area (Å²) in [6.07, 6.45) is 0. The lowest BCUT2D eigenvalue weighted by molar-refractivity contribution is 0.625. The first-order chi connectivity index (χ1) is 9.06. The zero-order valence-corrected chi connectivity index (χ0v) is 11.0. The highest BCUT2D eigenvalue weighted by Gasteiger charge is 2.01. The first-order valence-electron chi connectivity index (χ1n) is 6.08. The lowest BCUT2D eigenvalue weighted by atomic mass is 10.1. The van der Waals surface area contributed by atoms with Gasteiger partial charge in [-0.05, 0) is 60.9 Å². The van der Waals surface area contributed by atoms with Gasteiger partial charge < -0.3 is 5.32 Å². The second-order valence-corrected chi connectivity index (χ2v) is 4.69. The number of hydrogen-bond donors (Lipinski definition) is 1. The van der Waals surface area contributed by atoms with Gasteiger partial charge >= 0.3 is 0 Å². The Morgan fingerprint density at radius 3 is 2.37 bits per heavy atom. The van der Waals surface area contributed by atoms with Crippen LogP contribution in [-0.4, -0.2) is 0 Å². The SMILES string of the molecule is Cc1cc(C)cc(NCc2cc(F)cc(C#N)c2)c1. The molecule has 2 aromatic rings. The molecular weight excluding hydrogens is 239 g/mol. The van der Waals surface area contributed by atoms with Crippen molar-refractivity contribution in [1.29, 1.82) is 5.26 Å². The molecule has 2 aromatic carbocycles. The van der Waals surface area contributed by atoms with Crippen molar-refractivity contribution in [2.75, 3.05) is 5.32 Å². The Kier molecular flexibility index (Phi) is 3.82. The van der Waals surface area contributed by atoms with Crippen molar-refractivity contribution in [3.8, 4) is 6.07 Å². The Hall–Kier alpha value is -2.34. The summed E-state index contributed by atoms with van der Waals surface area (Å²) in [7, 11) is 0. The summed E-state index contributed by atoms with van der Waals surface area (Å²) in [6.45, 7) is 4.57. The Balaban J connectivity index is 2.14. The number of aryl methyl sites for hydroxylation is 2. The molecule has 0 heterocycles. The van der Waals surface area contributed by atoms with E-state index in [1.807, 2.05) is 32.0 Å². The molecule has 0 aliphatic rings. The largest absolute Gasteiger partial charge is 0.381 e. The maximum Gasteiger partial charge on any atom is 0.124 e. The lowest BCUT2D eigenvalue weighted by Crippen LogP contribution is -2.01. The first-order valence-corrected chi connectivity index (χ1v) is 6.08. The van der Waals surface area contributed by atoms with E-state index >= 15 is 0 Å². The fourth-order valence-electron chi connectivity index (χ4n) is 2.10. The van der Waals surface area contributed by atoms with Crippen molar-refractivity contribution in [3.05, 3.63) is 64.5 Å². The zero-order valence-electron chi connectivity index (χ0n) is 11.0. The molecule has 0 atom stereocenters. The van der Waals surface area contributed by atoms with Gasteiger partial charge in [-0.25, -0.2) is 4.39 Å². The van der Waals surface area contributed by atoms with E-state index in [0.29, 0.717) is 12.1 Å². The molecule has 2 rings (SSSR count). The van der Waals surface area contributed by atoms with Crippen LogP contribution in [0.1, 0.15) is 22.3 Å². The molecule has 0 bridgehead atoms. The van der Waals surface area contributed by atoms with Crippen molar-refractivity contribution >= 4 is 5.69 Å². The number of nitrogens with zero attached hydrogens (tertiary/aromatic N) is 1.